The van der Waals surface area contributed by atoms with E-state index in [0.29, 0.717) is 17.7 Å². The molecule has 0 bridgehead atoms. The second-order valence-corrected chi connectivity index (χ2v) is 8.19. The van der Waals surface area contributed by atoms with Gasteiger partial charge in [0.05, 0.1) is 24.1 Å². The van der Waals surface area contributed by atoms with Gasteiger partial charge in [-0.1, -0.05) is 29.8 Å². The van der Waals surface area contributed by atoms with E-state index in [1.54, 1.807) is 52.0 Å². The zero-order valence-electron chi connectivity index (χ0n) is 17.5. The van der Waals surface area contributed by atoms with Crippen LogP contribution in [0.5, 0.6) is 0 Å². The molecule has 1 aromatic rings. The van der Waals surface area contributed by atoms with Gasteiger partial charge >= 0.3 is 12.1 Å². The molecular formula is C22H29NO5. The highest BCUT2D eigenvalue weighted by Crippen LogP contribution is 2.47. The SMILES string of the molecule is CCOC(=O)C[C@]1(CC=C(C)C)C(=O)N(C(=O)OC(C)(C)C)c2ccccc21. The fraction of sp³-hybridized carbons (Fsp3) is 0.500. The van der Waals surface area contributed by atoms with E-state index < -0.39 is 29.0 Å². The molecule has 1 aliphatic rings. The van der Waals surface area contributed by atoms with Crippen molar-refractivity contribution >= 4 is 23.7 Å². The van der Waals surface area contributed by atoms with E-state index in [9.17, 15) is 14.4 Å². The minimum absolute atomic E-state index is 0.139. The third kappa shape index (κ3) is 4.43. The van der Waals surface area contributed by atoms with Crippen LogP contribution in [0.1, 0.15) is 59.9 Å². The van der Waals surface area contributed by atoms with Gasteiger partial charge in [0.1, 0.15) is 5.60 Å². The number of imide groups is 1. The van der Waals surface area contributed by atoms with Crippen LogP contribution in [-0.2, 0) is 24.5 Å². The van der Waals surface area contributed by atoms with Crippen LogP contribution in [0.3, 0.4) is 0 Å². The predicted octanol–water partition coefficient (Wildman–Crippen LogP) is 4.52. The van der Waals surface area contributed by atoms with Crippen LogP contribution < -0.4 is 4.90 Å². The topological polar surface area (TPSA) is 72.9 Å². The van der Waals surface area contributed by atoms with E-state index in [0.717, 1.165) is 10.5 Å². The predicted molar refractivity (Wildman–Crippen MR) is 107 cm³/mol. The Bertz CT molecular complexity index is 801. The van der Waals surface area contributed by atoms with E-state index >= 15 is 0 Å². The van der Waals surface area contributed by atoms with Gasteiger partial charge in [-0.2, -0.15) is 0 Å². The van der Waals surface area contributed by atoms with Crippen LogP contribution in [0.15, 0.2) is 35.9 Å². The number of esters is 1. The van der Waals surface area contributed by atoms with Crippen molar-refractivity contribution < 1.29 is 23.9 Å². The molecule has 0 radical (unpaired) electrons. The van der Waals surface area contributed by atoms with Crippen LogP contribution in [-0.4, -0.2) is 30.2 Å². The van der Waals surface area contributed by atoms with Crippen molar-refractivity contribution in [1.29, 1.82) is 0 Å². The molecule has 0 spiro atoms. The van der Waals surface area contributed by atoms with Crippen molar-refractivity contribution in [3.05, 3.63) is 41.5 Å². The zero-order chi connectivity index (χ0) is 21.1. The van der Waals surface area contributed by atoms with Crippen LogP contribution in [0.2, 0.25) is 0 Å². The molecule has 1 atom stereocenters. The maximum Gasteiger partial charge on any atom is 0.421 e. The molecule has 2 rings (SSSR count). The number of ether oxygens (including phenoxy) is 2. The molecule has 0 N–H and O–H groups in total. The Morgan fingerprint density at radius 1 is 1.18 bits per heavy atom. The third-order valence-corrected chi connectivity index (χ3v) is 4.46. The number of allylic oxidation sites excluding steroid dienone is 2. The standard InChI is InChI=1S/C22H29NO5/c1-7-27-18(24)14-22(13-12-15(2)3)16-10-8-9-11-17(16)23(19(22)25)20(26)28-21(4,5)6/h8-12H,7,13-14H2,1-6H3/t22-/m0/s1. The molecule has 0 saturated heterocycles. The maximum atomic E-state index is 13.6. The molecule has 0 unspecified atom stereocenters. The van der Waals surface area contributed by atoms with Crippen LogP contribution in [0.4, 0.5) is 10.5 Å². The monoisotopic (exact) mass is 387 g/mol. The van der Waals surface area contributed by atoms with E-state index in [2.05, 4.69) is 0 Å². The lowest BCUT2D eigenvalue weighted by molar-refractivity contribution is -0.146. The van der Waals surface area contributed by atoms with Crippen molar-refractivity contribution in [2.75, 3.05) is 11.5 Å². The van der Waals surface area contributed by atoms with Gasteiger partial charge in [-0.05, 0) is 59.6 Å². The minimum atomic E-state index is -1.20. The first-order valence-corrected chi connectivity index (χ1v) is 9.48. The number of anilines is 1. The van der Waals surface area contributed by atoms with Crippen molar-refractivity contribution in [2.45, 2.75) is 65.4 Å². The summed E-state index contributed by atoms with van der Waals surface area (Å²) in [5.41, 5.74) is 0.157. The highest BCUT2D eigenvalue weighted by Gasteiger charge is 2.54. The normalized spacial score (nSPS) is 18.5. The first kappa shape index (κ1) is 21.7. The molecule has 152 valence electrons. The first-order chi connectivity index (χ1) is 13.0. The van der Waals surface area contributed by atoms with E-state index in [1.807, 2.05) is 19.9 Å². The van der Waals surface area contributed by atoms with Crippen molar-refractivity contribution in [3.63, 3.8) is 0 Å². The molecule has 1 aliphatic heterocycles. The Kier molecular flexibility index (Phi) is 6.32. The summed E-state index contributed by atoms with van der Waals surface area (Å²) in [6, 6.07) is 7.04. The van der Waals surface area contributed by atoms with Crippen molar-refractivity contribution in [1.82, 2.24) is 0 Å². The Morgan fingerprint density at radius 2 is 1.82 bits per heavy atom. The lowest BCUT2D eigenvalue weighted by Crippen LogP contribution is -2.46. The Labute approximate surface area is 166 Å². The van der Waals surface area contributed by atoms with Gasteiger partial charge in [0.15, 0.2) is 0 Å². The summed E-state index contributed by atoms with van der Waals surface area (Å²) in [6.07, 6.45) is 1.32. The second kappa shape index (κ2) is 8.17. The van der Waals surface area contributed by atoms with Crippen molar-refractivity contribution in [3.8, 4) is 0 Å². The first-order valence-electron chi connectivity index (χ1n) is 9.48. The molecule has 1 heterocycles. The average Bonchev–Trinajstić information content (AvgIpc) is 2.81. The second-order valence-electron chi connectivity index (χ2n) is 8.19. The van der Waals surface area contributed by atoms with E-state index in [4.69, 9.17) is 9.47 Å². The molecule has 0 aliphatic carbocycles. The lowest BCUT2D eigenvalue weighted by atomic mass is 9.75. The minimum Gasteiger partial charge on any atom is -0.466 e. The summed E-state index contributed by atoms with van der Waals surface area (Å²) >= 11 is 0. The summed E-state index contributed by atoms with van der Waals surface area (Å²) < 4.78 is 10.6. The van der Waals surface area contributed by atoms with E-state index in [-0.39, 0.29) is 13.0 Å². The molecule has 28 heavy (non-hydrogen) atoms. The smallest absolute Gasteiger partial charge is 0.421 e. The number of hydrogen-bond donors (Lipinski definition) is 0. The summed E-state index contributed by atoms with van der Waals surface area (Å²) in [7, 11) is 0. The van der Waals surface area contributed by atoms with Gasteiger partial charge in [-0.3, -0.25) is 9.59 Å². The molecule has 0 saturated carbocycles. The highest BCUT2D eigenvalue weighted by atomic mass is 16.6. The fourth-order valence-corrected chi connectivity index (χ4v) is 3.28. The summed E-state index contributed by atoms with van der Waals surface area (Å²) in [5, 5.41) is 0. The number of benzene rings is 1. The van der Waals surface area contributed by atoms with Gasteiger partial charge in [0, 0.05) is 0 Å². The molecule has 0 aromatic heterocycles. The highest BCUT2D eigenvalue weighted by molar-refractivity contribution is 6.22. The molecule has 6 nitrogen and oxygen atoms in total. The van der Waals surface area contributed by atoms with Gasteiger partial charge in [0.25, 0.3) is 0 Å². The number of hydrogen-bond acceptors (Lipinski definition) is 5. The van der Waals surface area contributed by atoms with Gasteiger partial charge in [-0.25, -0.2) is 9.69 Å². The molecule has 0 fully saturated rings. The number of nitrogens with zero attached hydrogens (tertiary/aromatic N) is 1. The molecule has 2 amide bonds. The summed E-state index contributed by atoms with van der Waals surface area (Å²) in [4.78, 5) is 39.8. The van der Waals surface area contributed by atoms with Gasteiger partial charge < -0.3 is 9.47 Å². The average molecular weight is 387 g/mol. The van der Waals surface area contributed by atoms with Crippen LogP contribution >= 0.6 is 0 Å². The van der Waals surface area contributed by atoms with E-state index in [1.165, 1.54) is 0 Å². The van der Waals surface area contributed by atoms with Gasteiger partial charge in [-0.15, -0.1) is 0 Å². The quantitative estimate of drug-likeness (QED) is 0.549. The van der Waals surface area contributed by atoms with Crippen LogP contribution in [0.25, 0.3) is 0 Å². The Balaban J connectivity index is 2.58. The van der Waals surface area contributed by atoms with Crippen molar-refractivity contribution in [2.24, 2.45) is 0 Å². The summed E-state index contributed by atoms with van der Waals surface area (Å²) in [5.74, 6) is -0.938. The molecular weight excluding hydrogens is 358 g/mol. The zero-order valence-corrected chi connectivity index (χ0v) is 17.5. The Hall–Kier alpha value is -2.63. The molecule has 1 aromatic carbocycles. The number of amides is 2. The number of carbonyl (C=O) groups excluding carboxylic acids is 3. The number of rotatable bonds is 5. The molecule has 6 heteroatoms. The maximum absolute atomic E-state index is 13.6. The largest absolute Gasteiger partial charge is 0.466 e. The Morgan fingerprint density at radius 3 is 2.39 bits per heavy atom. The number of para-hydroxylation sites is 1. The number of fused-ring (bicyclic) bond motifs is 1. The fourth-order valence-electron chi connectivity index (χ4n) is 3.28. The number of carbonyl (C=O) groups is 3. The third-order valence-electron chi connectivity index (χ3n) is 4.46. The van der Waals surface area contributed by atoms with Crippen LogP contribution in [0, 0.1) is 0 Å². The summed E-state index contributed by atoms with van der Waals surface area (Å²) in [6.45, 7) is 11.0. The lowest BCUT2D eigenvalue weighted by Gasteiger charge is -2.28. The van der Waals surface area contributed by atoms with Gasteiger partial charge in [0.2, 0.25) is 5.91 Å².